The van der Waals surface area contributed by atoms with Crippen molar-refractivity contribution in [3.05, 3.63) is 34.1 Å². The van der Waals surface area contributed by atoms with Crippen LogP contribution in [0.25, 0.3) is 0 Å². The Hall–Kier alpha value is -0.940. The van der Waals surface area contributed by atoms with Crippen LogP contribution in [0.5, 0.6) is 0 Å². The predicted octanol–water partition coefficient (Wildman–Crippen LogP) is 3.69. The van der Waals surface area contributed by atoms with Gasteiger partial charge in [0.2, 0.25) is 0 Å². The van der Waals surface area contributed by atoms with Gasteiger partial charge in [0.05, 0.1) is 6.54 Å². The first kappa shape index (κ1) is 16.1. The zero-order valence-corrected chi connectivity index (χ0v) is 12.9. The van der Waals surface area contributed by atoms with Crippen LogP contribution in [0.4, 0.5) is 4.39 Å². The first-order chi connectivity index (χ1) is 8.81. The van der Waals surface area contributed by atoms with Gasteiger partial charge in [0.25, 0.3) is 0 Å². The minimum Gasteiger partial charge on any atom is -0.480 e. The smallest absolute Gasteiger partial charge is 0.317 e. The van der Waals surface area contributed by atoms with Crippen molar-refractivity contribution in [2.45, 2.75) is 26.8 Å². The van der Waals surface area contributed by atoms with Crippen LogP contribution in [0.3, 0.4) is 0 Å². The van der Waals surface area contributed by atoms with Crippen LogP contribution < -0.4 is 0 Å². The molecule has 1 unspecified atom stereocenters. The third-order valence-electron chi connectivity index (χ3n) is 2.89. The van der Waals surface area contributed by atoms with Crippen molar-refractivity contribution in [3.63, 3.8) is 0 Å². The molecule has 0 spiro atoms. The Morgan fingerprint density at radius 3 is 2.58 bits per heavy atom. The van der Waals surface area contributed by atoms with E-state index in [9.17, 15) is 9.18 Å². The number of hydrogen-bond donors (Lipinski definition) is 1. The van der Waals surface area contributed by atoms with Gasteiger partial charge in [-0.2, -0.15) is 0 Å². The van der Waals surface area contributed by atoms with Crippen LogP contribution in [0.15, 0.2) is 22.7 Å². The highest BCUT2D eigenvalue weighted by molar-refractivity contribution is 9.10. The van der Waals surface area contributed by atoms with Crippen molar-refractivity contribution in [1.29, 1.82) is 0 Å². The maximum atomic E-state index is 13.9. The monoisotopic (exact) mass is 331 g/mol. The number of hydrogen-bond acceptors (Lipinski definition) is 2. The van der Waals surface area contributed by atoms with E-state index in [0.29, 0.717) is 18.0 Å². The molecule has 1 aromatic rings. The number of benzene rings is 1. The minimum absolute atomic E-state index is 0.0920. The zero-order chi connectivity index (χ0) is 14.6. The van der Waals surface area contributed by atoms with Crippen molar-refractivity contribution < 1.29 is 14.3 Å². The van der Waals surface area contributed by atoms with E-state index >= 15 is 0 Å². The van der Waals surface area contributed by atoms with Crippen LogP contribution in [0.2, 0.25) is 0 Å². The normalized spacial score (nSPS) is 13.0. The molecular weight excluding hydrogens is 313 g/mol. The molecule has 1 N–H and O–H groups in total. The second-order valence-electron chi connectivity index (χ2n) is 5.06. The molecule has 0 saturated heterocycles. The van der Waals surface area contributed by atoms with Gasteiger partial charge in [0.1, 0.15) is 5.82 Å². The molecule has 0 aliphatic heterocycles. The Labute approximate surface area is 121 Å². The maximum absolute atomic E-state index is 13.9. The molecule has 0 saturated carbocycles. The predicted molar refractivity (Wildman–Crippen MR) is 76.6 cm³/mol. The summed E-state index contributed by atoms with van der Waals surface area (Å²) in [5, 5.41) is 8.97. The summed E-state index contributed by atoms with van der Waals surface area (Å²) in [6.07, 6.45) is 0. The van der Waals surface area contributed by atoms with Crippen LogP contribution in [0.1, 0.15) is 32.4 Å². The molecule has 1 aromatic carbocycles. The van der Waals surface area contributed by atoms with Gasteiger partial charge >= 0.3 is 5.97 Å². The summed E-state index contributed by atoms with van der Waals surface area (Å²) >= 11 is 3.31. The van der Waals surface area contributed by atoms with E-state index in [1.165, 1.54) is 6.07 Å². The molecule has 0 heterocycles. The molecule has 1 rings (SSSR count). The van der Waals surface area contributed by atoms with Crippen molar-refractivity contribution in [3.8, 4) is 0 Å². The van der Waals surface area contributed by atoms with Gasteiger partial charge < -0.3 is 5.11 Å². The summed E-state index contributed by atoms with van der Waals surface area (Å²) in [4.78, 5) is 12.7. The van der Waals surface area contributed by atoms with Gasteiger partial charge in [-0.05, 0) is 31.0 Å². The van der Waals surface area contributed by atoms with E-state index in [2.05, 4.69) is 15.9 Å². The number of rotatable bonds is 6. The number of carboxylic acid groups (broad SMARTS) is 1. The SMILES string of the molecule is CC(C)CN(CC(=O)O)C(C)c1cc(Br)ccc1F. The van der Waals surface area contributed by atoms with Crippen LogP contribution in [-0.4, -0.2) is 29.1 Å². The summed E-state index contributed by atoms with van der Waals surface area (Å²) in [5.41, 5.74) is 0.510. The molecule has 0 aromatic heterocycles. The quantitative estimate of drug-likeness (QED) is 0.864. The number of carboxylic acids is 1. The molecular formula is C14H19BrFNO2. The highest BCUT2D eigenvalue weighted by Crippen LogP contribution is 2.26. The standard InChI is InChI=1S/C14H19BrFNO2/c1-9(2)7-17(8-14(18)19)10(3)12-6-11(15)4-5-13(12)16/h4-6,9-10H,7-8H2,1-3H3,(H,18,19). The molecule has 5 heteroatoms. The fourth-order valence-corrected chi connectivity index (χ4v) is 2.41. The second kappa shape index (κ2) is 7.01. The van der Waals surface area contributed by atoms with Crippen molar-refractivity contribution in [1.82, 2.24) is 4.90 Å². The Morgan fingerprint density at radius 1 is 1.42 bits per heavy atom. The summed E-state index contributed by atoms with van der Waals surface area (Å²) in [5.74, 6) is -0.894. The Balaban J connectivity index is 3.00. The van der Waals surface area contributed by atoms with Gasteiger partial charge in [-0.15, -0.1) is 0 Å². The topological polar surface area (TPSA) is 40.5 Å². The lowest BCUT2D eigenvalue weighted by Gasteiger charge is -2.29. The summed E-state index contributed by atoms with van der Waals surface area (Å²) in [7, 11) is 0. The van der Waals surface area contributed by atoms with Gasteiger partial charge in [-0.3, -0.25) is 9.69 Å². The lowest BCUT2D eigenvalue weighted by molar-refractivity contribution is -0.139. The van der Waals surface area contributed by atoms with Crippen LogP contribution in [-0.2, 0) is 4.79 Å². The third kappa shape index (κ3) is 4.91. The van der Waals surface area contributed by atoms with Gasteiger partial charge in [-0.1, -0.05) is 29.8 Å². The summed E-state index contributed by atoms with van der Waals surface area (Å²) in [6.45, 7) is 6.37. The van der Waals surface area contributed by atoms with E-state index < -0.39 is 5.97 Å². The average Bonchev–Trinajstić information content (AvgIpc) is 2.29. The maximum Gasteiger partial charge on any atom is 0.317 e. The van der Waals surface area contributed by atoms with E-state index in [1.807, 2.05) is 20.8 Å². The largest absolute Gasteiger partial charge is 0.480 e. The van der Waals surface area contributed by atoms with Gasteiger partial charge in [0, 0.05) is 22.6 Å². The first-order valence-corrected chi connectivity index (χ1v) is 7.01. The number of aliphatic carboxylic acids is 1. The highest BCUT2D eigenvalue weighted by Gasteiger charge is 2.22. The van der Waals surface area contributed by atoms with E-state index in [1.54, 1.807) is 17.0 Å². The molecule has 1 atom stereocenters. The lowest BCUT2D eigenvalue weighted by Crippen LogP contribution is -2.35. The Bertz CT molecular complexity index is 451. The van der Waals surface area contributed by atoms with Crippen molar-refractivity contribution >= 4 is 21.9 Å². The van der Waals surface area contributed by atoms with E-state index in [0.717, 1.165) is 4.47 Å². The fourth-order valence-electron chi connectivity index (χ4n) is 2.03. The molecule has 0 radical (unpaired) electrons. The van der Waals surface area contributed by atoms with Crippen molar-refractivity contribution in [2.75, 3.05) is 13.1 Å². The number of nitrogens with zero attached hydrogens (tertiary/aromatic N) is 1. The van der Waals surface area contributed by atoms with E-state index in [-0.39, 0.29) is 18.4 Å². The minimum atomic E-state index is -0.900. The van der Waals surface area contributed by atoms with E-state index in [4.69, 9.17) is 5.11 Å². The zero-order valence-electron chi connectivity index (χ0n) is 11.4. The molecule has 106 valence electrons. The Morgan fingerprint density at radius 2 is 2.05 bits per heavy atom. The lowest BCUT2D eigenvalue weighted by atomic mass is 10.0. The van der Waals surface area contributed by atoms with Crippen LogP contribution >= 0.6 is 15.9 Å². The molecule has 0 aliphatic carbocycles. The highest BCUT2D eigenvalue weighted by atomic mass is 79.9. The van der Waals surface area contributed by atoms with Gasteiger partial charge in [0.15, 0.2) is 0 Å². The third-order valence-corrected chi connectivity index (χ3v) is 3.39. The summed E-state index contributed by atoms with van der Waals surface area (Å²) in [6, 6.07) is 4.45. The Kier molecular flexibility index (Phi) is 5.94. The molecule has 3 nitrogen and oxygen atoms in total. The molecule has 19 heavy (non-hydrogen) atoms. The average molecular weight is 332 g/mol. The second-order valence-corrected chi connectivity index (χ2v) is 5.97. The summed E-state index contributed by atoms with van der Waals surface area (Å²) < 4.78 is 14.6. The fraction of sp³-hybridized carbons (Fsp3) is 0.500. The molecule has 0 aliphatic rings. The van der Waals surface area contributed by atoms with Crippen molar-refractivity contribution in [2.24, 2.45) is 5.92 Å². The number of carbonyl (C=O) groups is 1. The molecule has 0 bridgehead atoms. The first-order valence-electron chi connectivity index (χ1n) is 6.22. The number of halogens is 2. The molecule has 0 amide bonds. The van der Waals surface area contributed by atoms with Crippen LogP contribution in [0, 0.1) is 11.7 Å². The van der Waals surface area contributed by atoms with Gasteiger partial charge in [-0.25, -0.2) is 4.39 Å². The molecule has 0 fully saturated rings.